The zero-order valence-corrected chi connectivity index (χ0v) is 39.1. The molecular weight excluding hydrogens is 847 g/mol. The van der Waals surface area contributed by atoms with E-state index in [0.29, 0.717) is 0 Å². The summed E-state index contributed by atoms with van der Waals surface area (Å²) in [7, 11) is 188. The summed E-state index contributed by atoms with van der Waals surface area (Å²) in [6, 6.07) is 0. The first-order valence-corrected chi connectivity index (χ1v) is 21.2. The van der Waals surface area contributed by atoms with Crippen LogP contribution < -0.4 is 136 Å². The third-order valence-electron chi connectivity index (χ3n) is 13.5. The third kappa shape index (κ3) is 7.70. The molecule has 0 fully saturated rings. The topological polar surface area (TPSA) is 17.8 Å². The molecule has 30 heteroatoms. The van der Waals surface area contributed by atoms with Crippen LogP contribution in [0.4, 0.5) is 0 Å². The molecule has 7 aromatic carbocycles. The fourth-order valence-corrected chi connectivity index (χ4v) is 9.40. The monoisotopic (exact) mass is 855 g/mol. The van der Waals surface area contributed by atoms with E-state index in [1.165, 1.54) is 11.5 Å². The van der Waals surface area contributed by atoms with Crippen LogP contribution in [-0.4, -0.2) is 229 Å². The Balaban J connectivity index is 1.66. The molecule has 0 unspecified atom stereocenters. The van der Waals surface area contributed by atoms with E-state index in [2.05, 4.69) is 0 Å². The number of hydrogen-bond donors (Lipinski definition) is 0. The first-order chi connectivity index (χ1) is 33.9. The van der Waals surface area contributed by atoms with Gasteiger partial charge in [0.1, 0.15) is 7.85 Å². The van der Waals surface area contributed by atoms with Gasteiger partial charge in [0.25, 0.3) is 0 Å². The molecule has 1 heterocycles. The molecule has 73 heavy (non-hydrogen) atoms. The van der Waals surface area contributed by atoms with E-state index in [-0.39, 0.29) is 230 Å². The number of allylic oxidation sites excluding steroid dienone is 2. The second-order valence-electron chi connectivity index (χ2n) is 17.4. The Morgan fingerprint density at radius 2 is 0.658 bits per heavy atom. The molecule has 0 bridgehead atoms. The molecule has 2 nitrogen and oxygen atoms in total. The minimum atomic E-state index is -0.329. The predicted molar refractivity (Wildman–Crippen MR) is 339 cm³/mol. The zero-order chi connectivity index (χ0) is 54.5. The maximum atomic E-state index is 7.39. The fraction of sp³-hybridized carbons (Fsp3) is 0.0233. The van der Waals surface area contributed by atoms with Crippen LogP contribution in [0.25, 0.3) is 77.4 Å². The Hall–Kier alpha value is -4.04. The van der Waals surface area contributed by atoms with E-state index < -0.39 is 0 Å². The Kier molecular flexibility index (Phi) is 14.5. The van der Waals surface area contributed by atoms with Crippen LogP contribution in [0.2, 0.25) is 0 Å². The molecule has 8 aromatic rings. The number of nitrogens with zero attached hydrogens (tertiary/aromatic N) is 2. The van der Waals surface area contributed by atoms with Crippen LogP contribution >= 0.6 is 0 Å². The summed E-state index contributed by atoms with van der Waals surface area (Å²) >= 11 is 0. The summed E-state index contributed by atoms with van der Waals surface area (Å²) in [5.74, 6) is -0.160. The van der Waals surface area contributed by atoms with Gasteiger partial charge in [0.05, 0.1) is 0 Å². The van der Waals surface area contributed by atoms with Crippen LogP contribution in [0.15, 0.2) is 10.9 Å². The molecule has 8 rings (SSSR count). The molecule has 0 amide bonds. The Morgan fingerprint density at radius 3 is 1.12 bits per heavy atom. The van der Waals surface area contributed by atoms with Gasteiger partial charge in [-0.3, -0.25) is 0 Å². The summed E-state index contributed by atoms with van der Waals surface area (Å²) in [5.41, 5.74) is -5.64. The molecule has 0 aliphatic heterocycles. The van der Waals surface area contributed by atoms with E-state index in [4.69, 9.17) is 224 Å². The van der Waals surface area contributed by atoms with Gasteiger partial charge in [-0.15, -0.1) is 0 Å². The van der Waals surface area contributed by atoms with Gasteiger partial charge in [-0.1, -0.05) is 0 Å². The number of rotatable bonds is 5. The normalized spacial score (nSPS) is 12.5. The number of fused-ring (bicyclic) bond motifs is 3. The third-order valence-corrected chi connectivity index (χ3v) is 13.5. The molecule has 0 saturated heterocycles. The maximum absolute atomic E-state index is 7.39. The van der Waals surface area contributed by atoms with E-state index in [9.17, 15) is 0 Å². The molecule has 0 aliphatic rings. The molecule has 269 valence electrons. The predicted octanol–water partition coefficient (Wildman–Crippen LogP) is -20.4. The molecule has 0 aliphatic carbocycles. The van der Waals surface area contributed by atoms with Gasteiger partial charge < -0.3 is 0 Å². The molecule has 0 saturated carbocycles. The standard InChI is InChI=1S/C43H3B28N2/c1-2(44)13(45)18(50)7-3(8-15(47)10-11(20(52)19(8)51)22(54)30(62)29(61)21(10)53)4-5(17(49)28(60)27(59)16(4)48)6(14(7)46)9-23(55)37(69)41(38(70)24(9)56)73-42-39(71)35(67)34(66)36(68)40(42)72-43(73)12-25(57)31(63)33(65)32(64)26(12)58/h1H3/b13-2-,18-7+. The first kappa shape index (κ1) is 55.2. The van der Waals surface area contributed by atoms with Gasteiger partial charge >= 0.3 is 458 Å². The van der Waals surface area contributed by atoms with Crippen molar-refractivity contribution >= 4 is 388 Å². The number of imidazole rings is 1. The van der Waals surface area contributed by atoms with Gasteiger partial charge in [0.2, 0.25) is 0 Å². The zero-order valence-electron chi connectivity index (χ0n) is 39.1. The molecule has 0 N–H and O–H groups in total. The quantitative estimate of drug-likeness (QED) is 0.158. The van der Waals surface area contributed by atoms with Crippen molar-refractivity contribution in [3.05, 3.63) is 21.3 Å². The molecular formula is C43H3B28N2. The Bertz CT molecular complexity index is 4020. The summed E-state index contributed by atoms with van der Waals surface area (Å²) in [6.45, 7) is 1.47. The van der Waals surface area contributed by atoms with Gasteiger partial charge in [-0.25, -0.2) is 0 Å². The Labute approximate surface area is 462 Å². The first-order valence-electron chi connectivity index (χ1n) is 21.2. The number of hydrogen-bond acceptors (Lipinski definition) is 1. The van der Waals surface area contributed by atoms with Crippen LogP contribution in [-0.2, 0) is 0 Å². The molecule has 1 aromatic heterocycles. The van der Waals surface area contributed by atoms with E-state index in [1.807, 2.05) is 0 Å². The van der Waals surface area contributed by atoms with Crippen molar-refractivity contribution in [3.8, 4) is 39.3 Å². The summed E-state index contributed by atoms with van der Waals surface area (Å²) in [5, 5.41) is -0.479. The van der Waals surface area contributed by atoms with Gasteiger partial charge in [0, 0.05) is 0 Å². The number of aromatic nitrogens is 2. The van der Waals surface area contributed by atoms with Gasteiger partial charge in [-0.05, 0) is 0 Å². The van der Waals surface area contributed by atoms with Crippen LogP contribution in [0.5, 0.6) is 0 Å². The average Bonchev–Trinajstić information content (AvgIpc) is 3.73. The minimum absolute atomic E-state index is 0.0211. The molecule has 0 atom stereocenters. The summed E-state index contributed by atoms with van der Waals surface area (Å²) in [6.07, 6.45) is 0. The van der Waals surface area contributed by atoms with Gasteiger partial charge in [0.15, 0.2) is 0 Å². The average molecular weight is 850 g/mol. The molecule has 55 radical (unpaired) electrons. The fourth-order valence-electron chi connectivity index (χ4n) is 9.40. The van der Waals surface area contributed by atoms with E-state index in [1.54, 1.807) is 0 Å². The second-order valence-corrected chi connectivity index (χ2v) is 17.4. The van der Waals surface area contributed by atoms with Crippen molar-refractivity contribution in [2.75, 3.05) is 0 Å². The van der Waals surface area contributed by atoms with Crippen LogP contribution in [0, 0.1) is 5.11 Å². The van der Waals surface area contributed by atoms with Crippen molar-refractivity contribution in [2.45, 2.75) is 6.92 Å². The Morgan fingerprint density at radius 1 is 0.329 bits per heavy atom. The summed E-state index contributed by atoms with van der Waals surface area (Å²) < 4.78 is 1.30. The van der Waals surface area contributed by atoms with E-state index >= 15 is 0 Å². The van der Waals surface area contributed by atoms with Crippen molar-refractivity contribution in [1.82, 2.24) is 9.55 Å². The van der Waals surface area contributed by atoms with Crippen molar-refractivity contribution in [3.63, 3.8) is 0 Å². The van der Waals surface area contributed by atoms with Crippen molar-refractivity contribution < 1.29 is 0 Å². The van der Waals surface area contributed by atoms with Crippen LogP contribution in [0.1, 0.15) is 6.92 Å². The number of benzene rings is 7. The van der Waals surface area contributed by atoms with Gasteiger partial charge in [-0.2, -0.15) is 0 Å². The SMILES string of the molecule is [B]/C(C)=C([B])/C([B])=c1/c(-c2c([B])c([B])c3c([B])c([B])c([B])c([B])c3c2[B])c2c([B])c([B])c([B])c([B])c2c(-c2c([B])c([B])c(-n3c(-c4c([B])c([B])c([B])c([B])c4[B])nc4c([B])c([B])c([B])c([B])c43)c([B])c2[B])c1=[B]. The second kappa shape index (κ2) is 19.2. The van der Waals surface area contributed by atoms with Crippen molar-refractivity contribution in [2.24, 2.45) is 0 Å². The van der Waals surface area contributed by atoms with Crippen molar-refractivity contribution in [1.29, 1.82) is 0 Å². The van der Waals surface area contributed by atoms with E-state index in [0.717, 1.165) is 0 Å². The van der Waals surface area contributed by atoms with Crippen LogP contribution in [0.3, 0.4) is 0 Å². The molecule has 0 spiro atoms. The summed E-state index contributed by atoms with van der Waals surface area (Å²) in [4.78, 5) is 4.77.